The molecule has 0 atom stereocenters. The monoisotopic (exact) mass is 494 g/mol. The molecule has 0 spiro atoms. The highest BCUT2D eigenvalue weighted by Crippen LogP contribution is 2.36. The fourth-order valence-electron chi connectivity index (χ4n) is 4.34. The van der Waals surface area contributed by atoms with Gasteiger partial charge >= 0.3 is 5.97 Å². The van der Waals surface area contributed by atoms with Gasteiger partial charge in [-0.25, -0.2) is 4.79 Å². The molecule has 1 aliphatic rings. The number of benzene rings is 2. The Labute approximate surface area is 208 Å². The number of nitrogens with zero attached hydrogens (tertiary/aromatic N) is 2. The molecule has 0 aliphatic carbocycles. The summed E-state index contributed by atoms with van der Waals surface area (Å²) in [6.07, 6.45) is 1.75. The number of rotatable bonds is 4. The van der Waals surface area contributed by atoms with E-state index >= 15 is 0 Å². The van der Waals surface area contributed by atoms with Gasteiger partial charge in [0.2, 0.25) is 0 Å². The van der Waals surface area contributed by atoms with Crippen molar-refractivity contribution in [2.24, 2.45) is 0 Å². The van der Waals surface area contributed by atoms with Crippen LogP contribution in [0.15, 0.2) is 65.4 Å². The molecule has 0 saturated heterocycles. The van der Waals surface area contributed by atoms with Crippen LogP contribution in [0.5, 0.6) is 0 Å². The minimum atomic E-state index is -0.554. The van der Waals surface area contributed by atoms with Gasteiger partial charge in [-0.2, -0.15) is 0 Å². The molecule has 0 unspecified atom stereocenters. The largest absolute Gasteiger partial charge is 0.465 e. The summed E-state index contributed by atoms with van der Waals surface area (Å²) in [4.78, 5) is 27.8. The maximum Gasteiger partial charge on any atom is 0.340 e. The van der Waals surface area contributed by atoms with Gasteiger partial charge in [0.15, 0.2) is 0 Å². The van der Waals surface area contributed by atoms with Gasteiger partial charge in [-0.15, -0.1) is 0 Å². The Hall–Kier alpha value is -3.28. The summed E-state index contributed by atoms with van der Waals surface area (Å²) >= 11 is 12.4. The average Bonchev–Trinajstić information content (AvgIpc) is 3.19. The quantitative estimate of drug-likeness (QED) is 0.303. The summed E-state index contributed by atoms with van der Waals surface area (Å²) in [5.74, 6) is -0.834. The van der Waals surface area contributed by atoms with Gasteiger partial charge in [-0.1, -0.05) is 40.9 Å². The fourth-order valence-corrected chi connectivity index (χ4v) is 4.85. The molecule has 2 aromatic carbocycles. The zero-order valence-corrected chi connectivity index (χ0v) is 21.1. The molecule has 34 heavy (non-hydrogen) atoms. The molecule has 7 heteroatoms. The zero-order chi connectivity index (χ0) is 24.7. The van der Waals surface area contributed by atoms with Gasteiger partial charge in [-0.05, 0) is 75.7 Å². The van der Waals surface area contributed by atoms with Crippen molar-refractivity contribution in [2.45, 2.75) is 27.7 Å². The first kappa shape index (κ1) is 23.9. The molecule has 2 heterocycles. The van der Waals surface area contributed by atoms with E-state index in [4.69, 9.17) is 27.9 Å². The van der Waals surface area contributed by atoms with Gasteiger partial charge in [0.05, 0.1) is 18.3 Å². The lowest BCUT2D eigenvalue weighted by Gasteiger charge is -2.18. The van der Waals surface area contributed by atoms with Crippen LogP contribution in [-0.2, 0) is 14.3 Å². The van der Waals surface area contributed by atoms with Crippen LogP contribution in [0.2, 0.25) is 10.0 Å². The summed E-state index contributed by atoms with van der Waals surface area (Å²) in [6, 6.07) is 14.9. The van der Waals surface area contributed by atoms with Crippen LogP contribution in [-0.4, -0.2) is 23.6 Å². The molecule has 4 rings (SSSR count). The molecular formula is C27H24Cl2N2O3. The van der Waals surface area contributed by atoms with E-state index in [0.717, 1.165) is 28.2 Å². The molecule has 5 nitrogen and oxygen atoms in total. The number of carbonyl (C=O) groups is 2. The van der Waals surface area contributed by atoms with E-state index < -0.39 is 5.97 Å². The number of carbonyl (C=O) groups excluding carboxylic acids is 2. The molecule has 174 valence electrons. The normalized spacial score (nSPS) is 15.0. The number of esters is 1. The van der Waals surface area contributed by atoms with E-state index in [9.17, 15) is 9.59 Å². The van der Waals surface area contributed by atoms with Gasteiger partial charge < -0.3 is 9.30 Å². The first-order chi connectivity index (χ1) is 16.1. The Morgan fingerprint density at radius 1 is 0.912 bits per heavy atom. The third-order valence-corrected chi connectivity index (χ3v) is 6.39. The van der Waals surface area contributed by atoms with Crippen molar-refractivity contribution in [3.05, 3.63) is 97.9 Å². The number of methoxy groups -OCH3 is 1. The van der Waals surface area contributed by atoms with Crippen LogP contribution in [0.1, 0.15) is 29.4 Å². The van der Waals surface area contributed by atoms with E-state index in [0.29, 0.717) is 21.4 Å². The molecule has 0 radical (unpaired) electrons. The van der Waals surface area contributed by atoms with E-state index in [1.807, 2.05) is 67.8 Å². The third-order valence-electron chi connectivity index (χ3n) is 5.96. The lowest BCUT2D eigenvalue weighted by atomic mass is 10.0. The topological polar surface area (TPSA) is 51.5 Å². The number of hydrogen-bond acceptors (Lipinski definition) is 3. The van der Waals surface area contributed by atoms with Gasteiger partial charge in [0, 0.05) is 38.5 Å². The summed E-state index contributed by atoms with van der Waals surface area (Å²) in [5, 5.41) is 1.06. The van der Waals surface area contributed by atoms with Crippen LogP contribution in [0.3, 0.4) is 0 Å². The SMILES string of the molecule is COC(=O)C1=C(C)N(c2ccc(C)cc2)C(=O)/C1=C\c1cc(C)n(-c2cc(Cl)cc(Cl)c2)c1C. The minimum Gasteiger partial charge on any atom is -0.465 e. The Morgan fingerprint density at radius 3 is 2.12 bits per heavy atom. The molecule has 1 aliphatic heterocycles. The highest BCUT2D eigenvalue weighted by Gasteiger charge is 2.38. The molecule has 0 saturated carbocycles. The van der Waals surface area contributed by atoms with Gasteiger partial charge in [-0.3, -0.25) is 9.69 Å². The summed E-state index contributed by atoms with van der Waals surface area (Å²) in [6.45, 7) is 7.63. The zero-order valence-electron chi connectivity index (χ0n) is 19.6. The van der Waals surface area contributed by atoms with Gasteiger partial charge in [0.1, 0.15) is 0 Å². The standard InChI is InChI=1S/C27H24Cl2N2O3/c1-15-6-8-22(9-7-15)31-18(4)25(27(33)34-5)24(26(31)32)11-19-10-16(2)30(17(19)3)23-13-20(28)12-21(29)14-23/h6-14H,1-5H3/b24-11-. The average molecular weight is 495 g/mol. The lowest BCUT2D eigenvalue weighted by Crippen LogP contribution is -2.24. The smallest absolute Gasteiger partial charge is 0.340 e. The van der Waals surface area contributed by atoms with Crippen LogP contribution in [0.4, 0.5) is 5.69 Å². The Morgan fingerprint density at radius 2 is 1.53 bits per heavy atom. The second-order valence-corrected chi connectivity index (χ2v) is 9.15. The minimum absolute atomic E-state index is 0.253. The number of amides is 1. The lowest BCUT2D eigenvalue weighted by molar-refractivity contribution is -0.136. The number of allylic oxidation sites excluding steroid dienone is 1. The maximum atomic E-state index is 13.6. The molecule has 3 aromatic rings. The highest BCUT2D eigenvalue weighted by atomic mass is 35.5. The molecule has 1 amide bonds. The van der Waals surface area contributed by atoms with E-state index in [2.05, 4.69) is 0 Å². The second-order valence-electron chi connectivity index (χ2n) is 8.28. The molecule has 0 bridgehead atoms. The van der Waals surface area contributed by atoms with Crippen LogP contribution >= 0.6 is 23.2 Å². The fraction of sp³-hybridized carbons (Fsp3) is 0.185. The Balaban J connectivity index is 1.85. The van der Waals surface area contributed by atoms with E-state index in [-0.39, 0.29) is 17.1 Å². The van der Waals surface area contributed by atoms with Crippen molar-refractivity contribution in [3.63, 3.8) is 0 Å². The van der Waals surface area contributed by atoms with Gasteiger partial charge in [0.25, 0.3) is 5.91 Å². The number of aryl methyl sites for hydroxylation is 2. The summed E-state index contributed by atoms with van der Waals surface area (Å²) in [7, 11) is 1.31. The molecule has 0 N–H and O–H groups in total. The Kier molecular flexibility index (Phi) is 6.43. The second kappa shape index (κ2) is 9.16. The van der Waals surface area contributed by atoms with E-state index in [1.165, 1.54) is 7.11 Å². The van der Waals surface area contributed by atoms with Crippen molar-refractivity contribution >= 4 is 46.8 Å². The first-order valence-corrected chi connectivity index (χ1v) is 11.5. The maximum absolute atomic E-state index is 13.6. The number of halogens is 2. The first-order valence-electron chi connectivity index (χ1n) is 10.7. The van der Waals surface area contributed by atoms with Crippen molar-refractivity contribution in [2.75, 3.05) is 12.0 Å². The predicted octanol–water partition coefficient (Wildman–Crippen LogP) is 6.59. The van der Waals surface area contributed by atoms with E-state index in [1.54, 1.807) is 24.0 Å². The number of anilines is 1. The number of ether oxygens (including phenoxy) is 1. The van der Waals surface area contributed by atoms with Crippen LogP contribution < -0.4 is 4.90 Å². The third kappa shape index (κ3) is 4.17. The molecule has 1 aromatic heterocycles. The summed E-state index contributed by atoms with van der Waals surface area (Å²) < 4.78 is 7.04. The summed E-state index contributed by atoms with van der Waals surface area (Å²) in [5.41, 5.74) is 6.27. The number of hydrogen-bond donors (Lipinski definition) is 0. The van der Waals surface area contributed by atoms with Crippen LogP contribution in [0.25, 0.3) is 11.8 Å². The van der Waals surface area contributed by atoms with Crippen molar-refractivity contribution in [1.82, 2.24) is 4.57 Å². The predicted molar refractivity (Wildman–Crippen MR) is 137 cm³/mol. The molecular weight excluding hydrogens is 471 g/mol. The van der Waals surface area contributed by atoms with Crippen molar-refractivity contribution < 1.29 is 14.3 Å². The molecule has 0 fully saturated rings. The number of aromatic nitrogens is 1. The highest BCUT2D eigenvalue weighted by molar-refractivity contribution is 6.34. The van der Waals surface area contributed by atoms with Crippen molar-refractivity contribution in [1.29, 1.82) is 0 Å². The van der Waals surface area contributed by atoms with Crippen molar-refractivity contribution in [3.8, 4) is 5.69 Å². The Bertz CT molecular complexity index is 1360. The van der Waals surface area contributed by atoms with Crippen LogP contribution in [0, 0.1) is 20.8 Å².